The number of hydrogen-bond donors (Lipinski definition) is 2. The molecule has 3 aliphatic rings. The van der Waals surface area contributed by atoms with Crippen LogP contribution >= 0.6 is 0 Å². The van der Waals surface area contributed by atoms with Crippen molar-refractivity contribution in [2.75, 3.05) is 13.2 Å². The molecule has 2 fully saturated rings. The van der Waals surface area contributed by atoms with Gasteiger partial charge in [0, 0.05) is 25.3 Å². The molecule has 2 aliphatic carbocycles. The summed E-state index contributed by atoms with van der Waals surface area (Å²) in [6, 6.07) is 8.29. The van der Waals surface area contributed by atoms with E-state index in [0.29, 0.717) is 6.54 Å². The van der Waals surface area contributed by atoms with Gasteiger partial charge in [-0.05, 0) is 48.8 Å². The predicted octanol–water partition coefficient (Wildman–Crippen LogP) is 2.85. The molecule has 1 aliphatic heterocycles. The maximum absolute atomic E-state index is 12.9. The van der Waals surface area contributed by atoms with Crippen molar-refractivity contribution >= 4 is 17.4 Å². The number of amides is 2. The first-order chi connectivity index (χ1) is 13.6. The van der Waals surface area contributed by atoms with Crippen LogP contribution in [-0.2, 0) is 9.59 Å². The summed E-state index contributed by atoms with van der Waals surface area (Å²) in [6.45, 7) is 1.88. The Bertz CT molecular complexity index is 767. The number of hydrogen-bond acceptors (Lipinski definition) is 3. The number of nitrogens with one attached hydrogen (secondary N) is 1. The lowest BCUT2D eigenvalue weighted by Gasteiger charge is -2.56. The minimum atomic E-state index is -0.205. The molecule has 1 aromatic rings. The molecule has 1 aromatic carbocycles. The van der Waals surface area contributed by atoms with Crippen LogP contribution in [0, 0.1) is 5.92 Å². The normalized spacial score (nSPS) is 27.0. The van der Waals surface area contributed by atoms with Gasteiger partial charge in [0.25, 0.3) is 0 Å². The van der Waals surface area contributed by atoms with Crippen LogP contribution in [0.1, 0.15) is 62.5 Å². The third kappa shape index (κ3) is 3.48. The average molecular weight is 383 g/mol. The van der Waals surface area contributed by atoms with Gasteiger partial charge in [0.1, 0.15) is 0 Å². The van der Waals surface area contributed by atoms with Crippen LogP contribution in [0.2, 0.25) is 0 Å². The van der Waals surface area contributed by atoms with Gasteiger partial charge in [-0.25, -0.2) is 0 Å². The fourth-order valence-corrected chi connectivity index (χ4v) is 4.91. The van der Waals surface area contributed by atoms with Crippen molar-refractivity contribution in [2.24, 2.45) is 5.92 Å². The van der Waals surface area contributed by atoms with E-state index in [0.717, 1.165) is 37.7 Å². The van der Waals surface area contributed by atoms with Gasteiger partial charge in [0.05, 0.1) is 18.7 Å². The van der Waals surface area contributed by atoms with Crippen LogP contribution in [0.4, 0.5) is 0 Å². The Morgan fingerprint density at radius 1 is 1.14 bits per heavy atom. The SMILES string of the molecule is CC(=O)NC[C@@H]1[C@@H](c2ccc(C3=CCCC3)cc2)[C@@H](CO)N1C(=O)C1CCC1. The maximum Gasteiger partial charge on any atom is 0.226 e. The fourth-order valence-electron chi connectivity index (χ4n) is 4.91. The zero-order valence-corrected chi connectivity index (χ0v) is 16.6. The lowest BCUT2D eigenvalue weighted by Crippen LogP contribution is -2.69. The number of carbonyl (C=O) groups is 2. The smallest absolute Gasteiger partial charge is 0.226 e. The molecule has 0 spiro atoms. The highest BCUT2D eigenvalue weighted by Crippen LogP contribution is 2.43. The number of rotatable bonds is 6. The molecule has 0 aromatic heterocycles. The van der Waals surface area contributed by atoms with Crippen molar-refractivity contribution in [1.82, 2.24) is 10.2 Å². The molecule has 1 heterocycles. The van der Waals surface area contributed by atoms with E-state index < -0.39 is 0 Å². The fraction of sp³-hybridized carbons (Fsp3) is 0.565. The largest absolute Gasteiger partial charge is 0.394 e. The second kappa shape index (κ2) is 8.08. The van der Waals surface area contributed by atoms with E-state index in [2.05, 4.69) is 35.7 Å². The Kier molecular flexibility index (Phi) is 5.54. The van der Waals surface area contributed by atoms with Crippen LogP contribution in [0.15, 0.2) is 30.3 Å². The molecule has 28 heavy (non-hydrogen) atoms. The highest BCUT2D eigenvalue weighted by atomic mass is 16.3. The van der Waals surface area contributed by atoms with Crippen molar-refractivity contribution in [3.8, 4) is 0 Å². The van der Waals surface area contributed by atoms with E-state index in [1.807, 2.05) is 4.90 Å². The Morgan fingerprint density at radius 2 is 1.89 bits per heavy atom. The van der Waals surface area contributed by atoms with Gasteiger partial charge >= 0.3 is 0 Å². The van der Waals surface area contributed by atoms with Gasteiger partial charge in [0.2, 0.25) is 11.8 Å². The minimum absolute atomic E-state index is 0.0486. The van der Waals surface area contributed by atoms with E-state index in [1.165, 1.54) is 24.5 Å². The van der Waals surface area contributed by atoms with Crippen molar-refractivity contribution in [1.29, 1.82) is 0 Å². The molecule has 5 nitrogen and oxygen atoms in total. The summed E-state index contributed by atoms with van der Waals surface area (Å²) in [6.07, 6.45) is 8.81. The number of likely N-dealkylation sites (tertiary alicyclic amines) is 1. The molecule has 0 bridgehead atoms. The third-order valence-electron chi connectivity index (χ3n) is 6.71. The maximum atomic E-state index is 12.9. The topological polar surface area (TPSA) is 69.6 Å². The second-order valence-electron chi connectivity index (χ2n) is 8.40. The van der Waals surface area contributed by atoms with Crippen LogP contribution in [0.5, 0.6) is 0 Å². The number of benzene rings is 1. The molecule has 0 unspecified atom stereocenters. The molecule has 2 N–H and O–H groups in total. The summed E-state index contributed by atoms with van der Waals surface area (Å²) in [7, 11) is 0. The summed E-state index contributed by atoms with van der Waals surface area (Å²) >= 11 is 0. The van der Waals surface area contributed by atoms with E-state index in [-0.39, 0.29) is 42.3 Å². The van der Waals surface area contributed by atoms with Crippen LogP contribution in [0.3, 0.4) is 0 Å². The van der Waals surface area contributed by atoms with Gasteiger partial charge in [-0.3, -0.25) is 9.59 Å². The zero-order chi connectivity index (χ0) is 19.7. The standard InChI is InChI=1S/C23H30N2O3/c1-15(27)24-13-20-22(21(14-26)25(20)23(28)19-7-4-8-19)18-11-9-17(10-12-18)16-5-2-3-6-16/h5,9-12,19-22,26H,2-4,6-8,13-14H2,1H3,(H,24,27)/t20-,21-,22-/m1/s1. The first-order valence-electron chi connectivity index (χ1n) is 10.6. The third-order valence-corrected chi connectivity index (χ3v) is 6.71. The predicted molar refractivity (Wildman–Crippen MR) is 109 cm³/mol. The van der Waals surface area contributed by atoms with Gasteiger partial charge in [0.15, 0.2) is 0 Å². The van der Waals surface area contributed by atoms with Crippen molar-refractivity contribution < 1.29 is 14.7 Å². The molecular weight excluding hydrogens is 352 g/mol. The summed E-state index contributed by atoms with van der Waals surface area (Å²) in [5.41, 5.74) is 3.81. The van der Waals surface area contributed by atoms with E-state index in [4.69, 9.17) is 0 Å². The minimum Gasteiger partial charge on any atom is -0.394 e. The monoisotopic (exact) mass is 382 g/mol. The summed E-state index contributed by atoms with van der Waals surface area (Å²) < 4.78 is 0. The van der Waals surface area contributed by atoms with E-state index in [9.17, 15) is 14.7 Å². The van der Waals surface area contributed by atoms with Gasteiger partial charge in [-0.2, -0.15) is 0 Å². The quantitative estimate of drug-likeness (QED) is 0.795. The molecule has 2 amide bonds. The molecule has 4 rings (SSSR count). The highest BCUT2D eigenvalue weighted by Gasteiger charge is 2.52. The number of carbonyl (C=O) groups excluding carboxylic acids is 2. The lowest BCUT2D eigenvalue weighted by molar-refractivity contribution is -0.158. The molecule has 1 saturated heterocycles. The van der Waals surface area contributed by atoms with Crippen LogP contribution < -0.4 is 5.32 Å². The summed E-state index contributed by atoms with van der Waals surface area (Å²) in [5, 5.41) is 12.9. The Morgan fingerprint density at radius 3 is 2.43 bits per heavy atom. The van der Waals surface area contributed by atoms with Crippen molar-refractivity contribution in [3.63, 3.8) is 0 Å². The lowest BCUT2D eigenvalue weighted by atomic mass is 9.72. The number of aliphatic hydroxyl groups excluding tert-OH is 1. The Hall–Kier alpha value is -2.14. The summed E-state index contributed by atoms with van der Waals surface area (Å²) in [5.74, 6) is 0.189. The number of nitrogens with zero attached hydrogens (tertiary/aromatic N) is 1. The van der Waals surface area contributed by atoms with Crippen LogP contribution in [-0.4, -0.2) is 47.1 Å². The highest BCUT2D eigenvalue weighted by molar-refractivity contribution is 5.82. The van der Waals surface area contributed by atoms with Gasteiger partial charge < -0.3 is 15.3 Å². The van der Waals surface area contributed by atoms with Crippen LogP contribution in [0.25, 0.3) is 5.57 Å². The molecule has 5 heteroatoms. The molecular formula is C23H30N2O3. The van der Waals surface area contributed by atoms with E-state index >= 15 is 0 Å². The molecule has 0 radical (unpaired) electrons. The van der Waals surface area contributed by atoms with Gasteiger partial charge in [-0.1, -0.05) is 36.8 Å². The average Bonchev–Trinajstić information content (AvgIpc) is 3.14. The Labute approximate surface area is 166 Å². The van der Waals surface area contributed by atoms with E-state index in [1.54, 1.807) is 0 Å². The second-order valence-corrected chi connectivity index (χ2v) is 8.40. The first kappa shape index (κ1) is 19.2. The molecule has 1 saturated carbocycles. The molecule has 3 atom stereocenters. The zero-order valence-electron chi connectivity index (χ0n) is 16.6. The first-order valence-corrected chi connectivity index (χ1v) is 10.6. The number of aliphatic hydroxyl groups is 1. The van der Waals surface area contributed by atoms with Gasteiger partial charge in [-0.15, -0.1) is 0 Å². The van der Waals surface area contributed by atoms with Crippen molar-refractivity contribution in [2.45, 2.75) is 63.5 Å². The number of allylic oxidation sites excluding steroid dienone is 2. The summed E-state index contributed by atoms with van der Waals surface area (Å²) in [4.78, 5) is 26.3. The molecule has 150 valence electrons. The Balaban J connectivity index is 1.55. The van der Waals surface area contributed by atoms with Crippen molar-refractivity contribution in [3.05, 3.63) is 41.5 Å².